The Morgan fingerprint density at radius 3 is 2.48 bits per heavy atom. The van der Waals surface area contributed by atoms with Crippen molar-refractivity contribution in [2.24, 2.45) is 0 Å². The van der Waals surface area contributed by atoms with E-state index in [9.17, 15) is 22.7 Å². The lowest BCUT2D eigenvalue weighted by Crippen LogP contribution is -2.48. The fourth-order valence-electron chi connectivity index (χ4n) is 4.42. The van der Waals surface area contributed by atoms with Gasteiger partial charge in [0, 0.05) is 25.1 Å². The van der Waals surface area contributed by atoms with Crippen molar-refractivity contribution < 1.29 is 22.7 Å². The molecule has 3 aromatic rings. The molecule has 1 aromatic heterocycles. The van der Waals surface area contributed by atoms with Gasteiger partial charge in [0.2, 0.25) is 0 Å². The summed E-state index contributed by atoms with van der Waals surface area (Å²) in [4.78, 5) is 18.9. The molecule has 1 N–H and O–H groups in total. The van der Waals surface area contributed by atoms with E-state index in [4.69, 9.17) is 0 Å². The van der Waals surface area contributed by atoms with E-state index in [2.05, 4.69) is 4.98 Å². The van der Waals surface area contributed by atoms with Gasteiger partial charge in [-0.3, -0.25) is 4.79 Å². The number of nitrogens with zero attached hydrogens (tertiary/aromatic N) is 2. The first-order chi connectivity index (χ1) is 15.5. The maximum absolute atomic E-state index is 14.0. The Kier molecular flexibility index (Phi) is 6.32. The van der Waals surface area contributed by atoms with Crippen molar-refractivity contribution in [2.45, 2.75) is 55.0 Å². The zero-order chi connectivity index (χ0) is 23.9. The Morgan fingerprint density at radius 1 is 1.18 bits per heavy atom. The number of para-hydroxylation sites is 1. The van der Waals surface area contributed by atoms with Gasteiger partial charge in [-0.1, -0.05) is 18.2 Å². The minimum atomic E-state index is -3.60. The molecule has 0 spiro atoms. The number of carbonyl (C=O) groups is 1. The van der Waals surface area contributed by atoms with Crippen molar-refractivity contribution in [3.63, 3.8) is 0 Å². The molecule has 0 saturated carbocycles. The van der Waals surface area contributed by atoms with Crippen LogP contribution < -0.4 is 0 Å². The lowest BCUT2D eigenvalue weighted by atomic mass is 9.82. The molecule has 0 aliphatic carbocycles. The maximum atomic E-state index is 14.0. The average molecular weight is 491 g/mol. The molecule has 0 atom stereocenters. The molecular weight excluding hydrogens is 463 g/mol. The van der Waals surface area contributed by atoms with Crippen molar-refractivity contribution >= 4 is 37.3 Å². The Bertz CT molecular complexity index is 1260. The van der Waals surface area contributed by atoms with E-state index in [1.807, 2.05) is 6.07 Å². The van der Waals surface area contributed by atoms with Crippen LogP contribution in [0.5, 0.6) is 0 Å². The number of aliphatic hydroxyl groups is 1. The lowest BCUT2D eigenvalue weighted by molar-refractivity contribution is -0.0526. The summed E-state index contributed by atoms with van der Waals surface area (Å²) in [5.41, 5.74) is 0.570. The molecule has 0 radical (unpaired) electrons. The summed E-state index contributed by atoms with van der Waals surface area (Å²) in [5.74, 6) is -0.369. The monoisotopic (exact) mass is 490 g/mol. The van der Waals surface area contributed by atoms with Crippen molar-refractivity contribution in [3.05, 3.63) is 59.1 Å². The smallest absolute Gasteiger partial charge is 0.253 e. The molecule has 176 valence electrons. The number of halogens is 1. The maximum Gasteiger partial charge on any atom is 0.253 e. The summed E-state index contributed by atoms with van der Waals surface area (Å²) >= 11 is 1.39. The van der Waals surface area contributed by atoms with Crippen molar-refractivity contribution in [1.29, 1.82) is 0 Å². The number of carbonyl (C=O) groups excluding carboxylic acids is 1. The molecule has 9 heteroatoms. The van der Waals surface area contributed by atoms with Gasteiger partial charge in [0.15, 0.2) is 9.84 Å². The first-order valence-electron chi connectivity index (χ1n) is 10.8. The number of aromatic nitrogens is 1. The van der Waals surface area contributed by atoms with Gasteiger partial charge in [0.1, 0.15) is 5.67 Å². The van der Waals surface area contributed by atoms with Crippen LogP contribution >= 0.6 is 11.3 Å². The van der Waals surface area contributed by atoms with Gasteiger partial charge in [0.25, 0.3) is 5.91 Å². The lowest BCUT2D eigenvalue weighted by Gasteiger charge is -2.40. The Labute approximate surface area is 197 Å². The zero-order valence-corrected chi connectivity index (χ0v) is 20.3. The van der Waals surface area contributed by atoms with Gasteiger partial charge in [-0.2, -0.15) is 0 Å². The number of sulfone groups is 1. The molecule has 4 rings (SSSR count). The highest BCUT2D eigenvalue weighted by Crippen LogP contribution is 2.33. The Balaban J connectivity index is 1.42. The molecular formula is C24H27FN2O4S2. The Hall–Kier alpha value is -2.36. The highest BCUT2D eigenvalue weighted by molar-refractivity contribution is 7.90. The fraction of sp³-hybridized carbons (Fsp3) is 0.417. The number of rotatable bonds is 6. The van der Waals surface area contributed by atoms with Crippen LogP contribution in [0.4, 0.5) is 4.39 Å². The van der Waals surface area contributed by atoms with E-state index < -0.39 is 21.1 Å². The summed E-state index contributed by atoms with van der Waals surface area (Å²) in [6.45, 7) is 3.58. The molecule has 33 heavy (non-hydrogen) atoms. The number of amides is 1. The quantitative estimate of drug-likeness (QED) is 0.554. The second kappa shape index (κ2) is 8.77. The van der Waals surface area contributed by atoms with Crippen LogP contribution in [0, 0.1) is 0 Å². The third-order valence-electron chi connectivity index (χ3n) is 5.95. The van der Waals surface area contributed by atoms with E-state index >= 15 is 0 Å². The van der Waals surface area contributed by atoms with Gasteiger partial charge in [-0.05, 0) is 56.5 Å². The summed E-state index contributed by atoms with van der Waals surface area (Å²) in [7, 11) is -3.60. The summed E-state index contributed by atoms with van der Waals surface area (Å²) in [5, 5.41) is 10.6. The molecule has 1 aliphatic heterocycles. The SMILES string of the molecule is CC(C)(F)CC1(O)CCN(C(=O)c2ccc(CS(=O)(=O)c3cccc4scnc34)cc2)CC1. The number of thiazole rings is 1. The third kappa shape index (κ3) is 5.42. The summed E-state index contributed by atoms with van der Waals surface area (Å²) in [6, 6.07) is 11.7. The highest BCUT2D eigenvalue weighted by Gasteiger charge is 2.38. The predicted molar refractivity (Wildman–Crippen MR) is 127 cm³/mol. The largest absolute Gasteiger partial charge is 0.390 e. The van der Waals surface area contributed by atoms with E-state index in [-0.39, 0.29) is 23.0 Å². The topological polar surface area (TPSA) is 87.6 Å². The fourth-order valence-corrected chi connectivity index (χ4v) is 6.72. The minimum Gasteiger partial charge on any atom is -0.390 e. The first-order valence-corrected chi connectivity index (χ1v) is 13.3. The van der Waals surface area contributed by atoms with Crippen LogP contribution in [0.25, 0.3) is 10.2 Å². The minimum absolute atomic E-state index is 0.0415. The molecule has 1 saturated heterocycles. The molecule has 2 aromatic carbocycles. The molecule has 2 heterocycles. The Morgan fingerprint density at radius 2 is 1.85 bits per heavy atom. The van der Waals surface area contributed by atoms with Crippen LogP contribution in [0.3, 0.4) is 0 Å². The van der Waals surface area contributed by atoms with E-state index in [1.54, 1.807) is 46.8 Å². The van der Waals surface area contributed by atoms with Gasteiger partial charge in [-0.25, -0.2) is 17.8 Å². The van der Waals surface area contributed by atoms with Gasteiger partial charge in [-0.15, -0.1) is 11.3 Å². The molecule has 0 bridgehead atoms. The van der Waals surface area contributed by atoms with Crippen molar-refractivity contribution in [2.75, 3.05) is 13.1 Å². The van der Waals surface area contributed by atoms with E-state index in [0.717, 1.165) is 4.70 Å². The van der Waals surface area contributed by atoms with Crippen LogP contribution in [0.1, 0.15) is 49.0 Å². The van der Waals surface area contributed by atoms with E-state index in [1.165, 1.54) is 25.2 Å². The number of alkyl halides is 1. The molecule has 6 nitrogen and oxygen atoms in total. The van der Waals surface area contributed by atoms with Crippen LogP contribution in [0.2, 0.25) is 0 Å². The van der Waals surface area contributed by atoms with Gasteiger partial charge in [0.05, 0.1) is 32.0 Å². The highest BCUT2D eigenvalue weighted by atomic mass is 32.2. The van der Waals surface area contributed by atoms with Crippen LogP contribution in [-0.4, -0.2) is 53.7 Å². The number of piperidine rings is 1. The molecule has 1 fully saturated rings. The third-order valence-corrected chi connectivity index (χ3v) is 8.45. The van der Waals surface area contributed by atoms with Crippen molar-refractivity contribution in [3.8, 4) is 0 Å². The van der Waals surface area contributed by atoms with Gasteiger partial charge >= 0.3 is 0 Å². The average Bonchev–Trinajstić information content (AvgIpc) is 3.21. The molecule has 0 unspecified atom stereocenters. The van der Waals surface area contributed by atoms with Gasteiger partial charge < -0.3 is 10.0 Å². The number of benzene rings is 2. The van der Waals surface area contributed by atoms with Crippen LogP contribution in [-0.2, 0) is 15.6 Å². The molecule has 1 amide bonds. The standard InChI is InChI=1S/C24H27FN2O4S2/c1-23(2,25)15-24(29)10-12-27(13-11-24)22(28)18-8-6-17(7-9-18)14-33(30,31)20-5-3-4-19-21(20)26-16-32-19/h3-9,16,29H,10-15H2,1-2H3. The normalized spacial score (nSPS) is 16.8. The number of hydrogen-bond donors (Lipinski definition) is 1. The van der Waals surface area contributed by atoms with Crippen molar-refractivity contribution in [1.82, 2.24) is 9.88 Å². The summed E-state index contributed by atoms with van der Waals surface area (Å²) < 4.78 is 40.8. The predicted octanol–water partition coefficient (Wildman–Crippen LogP) is 4.38. The number of fused-ring (bicyclic) bond motifs is 1. The first kappa shape index (κ1) is 23.8. The molecule has 1 aliphatic rings. The van der Waals surface area contributed by atoms with E-state index in [0.29, 0.717) is 42.6 Å². The van der Waals surface area contributed by atoms with Crippen LogP contribution in [0.15, 0.2) is 52.9 Å². The second-order valence-corrected chi connectivity index (χ2v) is 12.2. The number of likely N-dealkylation sites (tertiary alicyclic amines) is 1. The second-order valence-electron chi connectivity index (χ2n) is 9.32. The zero-order valence-electron chi connectivity index (χ0n) is 18.6. The number of hydrogen-bond acceptors (Lipinski definition) is 6. The summed E-state index contributed by atoms with van der Waals surface area (Å²) in [6.07, 6.45) is 0.689.